The van der Waals surface area contributed by atoms with Gasteiger partial charge in [-0.25, -0.2) is 4.98 Å². The van der Waals surface area contributed by atoms with Crippen molar-refractivity contribution in [3.63, 3.8) is 0 Å². The fraction of sp³-hybridized carbons (Fsp3) is 0.412. The smallest absolute Gasteiger partial charge is 0.265 e. The van der Waals surface area contributed by atoms with Crippen LogP contribution in [0, 0.1) is 11.3 Å². The molecule has 0 spiro atoms. The highest BCUT2D eigenvalue weighted by Gasteiger charge is 2.25. The molecule has 138 valence electrons. The molecule has 3 heterocycles. The molecule has 1 amide bonds. The zero-order valence-electron chi connectivity index (χ0n) is 14.4. The van der Waals surface area contributed by atoms with Gasteiger partial charge in [-0.15, -0.1) is 23.7 Å². The molecule has 26 heavy (non-hydrogen) atoms. The van der Waals surface area contributed by atoms with Gasteiger partial charge in [-0.2, -0.15) is 10.2 Å². The molecule has 3 rings (SSSR count). The lowest BCUT2D eigenvalue weighted by Crippen LogP contribution is -2.49. The Bertz CT molecular complexity index is 783. The minimum Gasteiger partial charge on any atom is -0.478 e. The van der Waals surface area contributed by atoms with E-state index in [0.29, 0.717) is 55.1 Å². The van der Waals surface area contributed by atoms with Gasteiger partial charge in [0.15, 0.2) is 0 Å². The number of piperazine rings is 1. The van der Waals surface area contributed by atoms with Crippen molar-refractivity contribution in [2.45, 2.75) is 13.3 Å². The maximum atomic E-state index is 12.6. The number of carbonyl (C=O) groups excluding carboxylic acids is 1. The van der Waals surface area contributed by atoms with E-state index < -0.39 is 0 Å². The molecule has 2 aromatic rings. The Morgan fingerprint density at radius 3 is 2.81 bits per heavy atom. The van der Waals surface area contributed by atoms with Gasteiger partial charge in [0.25, 0.3) is 5.91 Å². The normalized spacial score (nSPS) is 13.7. The van der Waals surface area contributed by atoms with E-state index in [1.807, 2.05) is 11.8 Å². The predicted molar refractivity (Wildman–Crippen MR) is 102 cm³/mol. The fourth-order valence-corrected chi connectivity index (χ4v) is 3.40. The van der Waals surface area contributed by atoms with E-state index in [2.05, 4.69) is 16.0 Å². The van der Waals surface area contributed by atoms with Crippen LogP contribution in [0.15, 0.2) is 23.7 Å². The SMILES string of the molecule is CCCOc1ccnc(N2CCN(C(=O)c3sccc3C#N)CC2)n1.Cl. The van der Waals surface area contributed by atoms with Gasteiger partial charge in [0.05, 0.1) is 12.2 Å². The first-order valence-corrected chi connectivity index (χ1v) is 9.08. The van der Waals surface area contributed by atoms with E-state index in [-0.39, 0.29) is 18.3 Å². The Kier molecular flexibility index (Phi) is 7.18. The highest BCUT2D eigenvalue weighted by atomic mass is 35.5. The summed E-state index contributed by atoms with van der Waals surface area (Å²) in [4.78, 5) is 25.6. The van der Waals surface area contributed by atoms with Gasteiger partial charge in [0.2, 0.25) is 11.8 Å². The minimum absolute atomic E-state index is 0. The van der Waals surface area contributed by atoms with Crippen LogP contribution in [0.5, 0.6) is 5.88 Å². The van der Waals surface area contributed by atoms with Crippen molar-refractivity contribution in [1.29, 1.82) is 5.26 Å². The zero-order valence-corrected chi connectivity index (χ0v) is 16.1. The number of aromatic nitrogens is 2. The van der Waals surface area contributed by atoms with Crippen LogP contribution < -0.4 is 9.64 Å². The standard InChI is InChI=1S/C17H19N5O2S.ClH/c1-2-10-24-14-3-5-19-17(20-14)22-8-6-21(7-9-22)16(23)15-13(12-18)4-11-25-15;/h3-5,11H,2,6-10H2,1H3;1H. The van der Waals surface area contributed by atoms with Gasteiger partial charge < -0.3 is 14.5 Å². The molecule has 1 saturated heterocycles. The Morgan fingerprint density at radius 1 is 1.35 bits per heavy atom. The lowest BCUT2D eigenvalue weighted by molar-refractivity contribution is 0.0750. The Morgan fingerprint density at radius 2 is 2.12 bits per heavy atom. The van der Waals surface area contributed by atoms with Crippen LogP contribution in [0.3, 0.4) is 0 Å². The second-order valence-electron chi connectivity index (χ2n) is 5.60. The predicted octanol–water partition coefficient (Wildman–Crippen LogP) is 2.58. The van der Waals surface area contributed by atoms with Crippen LogP contribution >= 0.6 is 23.7 Å². The van der Waals surface area contributed by atoms with Crippen LogP contribution in [0.2, 0.25) is 0 Å². The summed E-state index contributed by atoms with van der Waals surface area (Å²) in [7, 11) is 0. The molecule has 0 saturated carbocycles. The first-order chi connectivity index (χ1) is 12.2. The number of ether oxygens (including phenoxy) is 1. The summed E-state index contributed by atoms with van der Waals surface area (Å²) in [6.07, 6.45) is 2.61. The van der Waals surface area contributed by atoms with Gasteiger partial charge in [-0.05, 0) is 17.9 Å². The number of carbonyl (C=O) groups is 1. The van der Waals surface area contributed by atoms with Gasteiger partial charge >= 0.3 is 0 Å². The molecule has 1 aliphatic rings. The zero-order chi connectivity index (χ0) is 17.6. The molecular weight excluding hydrogens is 374 g/mol. The van der Waals surface area contributed by atoms with Crippen LogP contribution in [0.25, 0.3) is 0 Å². The van der Waals surface area contributed by atoms with E-state index in [4.69, 9.17) is 10.00 Å². The molecule has 0 aliphatic carbocycles. The molecule has 1 aliphatic heterocycles. The van der Waals surface area contributed by atoms with Crippen molar-refractivity contribution < 1.29 is 9.53 Å². The van der Waals surface area contributed by atoms with E-state index in [1.54, 1.807) is 28.6 Å². The third-order valence-corrected chi connectivity index (χ3v) is 4.80. The maximum absolute atomic E-state index is 12.6. The van der Waals surface area contributed by atoms with Crippen LogP contribution in [-0.4, -0.2) is 53.6 Å². The maximum Gasteiger partial charge on any atom is 0.265 e. The van der Waals surface area contributed by atoms with Gasteiger partial charge in [0, 0.05) is 38.4 Å². The summed E-state index contributed by atoms with van der Waals surface area (Å²) in [5.74, 6) is 1.12. The minimum atomic E-state index is -0.0767. The number of nitriles is 1. The molecule has 0 unspecified atom stereocenters. The number of nitrogens with zero attached hydrogens (tertiary/aromatic N) is 5. The number of halogens is 1. The molecule has 2 aromatic heterocycles. The molecule has 7 nitrogen and oxygen atoms in total. The summed E-state index contributed by atoms with van der Waals surface area (Å²) in [5.41, 5.74) is 0.446. The van der Waals surface area contributed by atoms with Gasteiger partial charge in [0.1, 0.15) is 10.9 Å². The van der Waals surface area contributed by atoms with Crippen molar-refractivity contribution in [3.05, 3.63) is 34.2 Å². The van der Waals surface area contributed by atoms with E-state index >= 15 is 0 Å². The highest BCUT2D eigenvalue weighted by molar-refractivity contribution is 7.12. The molecule has 0 radical (unpaired) electrons. The Balaban J connectivity index is 0.00000243. The second-order valence-corrected chi connectivity index (χ2v) is 6.51. The van der Waals surface area contributed by atoms with Crippen molar-refractivity contribution in [2.24, 2.45) is 0 Å². The summed E-state index contributed by atoms with van der Waals surface area (Å²) < 4.78 is 5.55. The third kappa shape index (κ3) is 4.42. The highest BCUT2D eigenvalue weighted by Crippen LogP contribution is 2.20. The third-order valence-electron chi connectivity index (χ3n) is 3.90. The monoisotopic (exact) mass is 393 g/mol. The summed E-state index contributed by atoms with van der Waals surface area (Å²) in [6, 6.07) is 5.51. The molecule has 1 fully saturated rings. The number of hydrogen-bond acceptors (Lipinski definition) is 7. The van der Waals surface area contributed by atoms with Crippen molar-refractivity contribution in [2.75, 3.05) is 37.7 Å². The second kappa shape index (κ2) is 9.36. The quantitative estimate of drug-likeness (QED) is 0.776. The van der Waals surface area contributed by atoms with Crippen molar-refractivity contribution >= 4 is 35.6 Å². The molecular formula is C17H20ClN5O2S. The number of anilines is 1. The van der Waals surface area contributed by atoms with Crippen molar-refractivity contribution in [3.8, 4) is 11.9 Å². The summed E-state index contributed by atoms with van der Waals surface area (Å²) in [6.45, 7) is 5.12. The topological polar surface area (TPSA) is 82.4 Å². The number of thiophene rings is 1. The molecule has 0 aromatic carbocycles. The number of amides is 1. The van der Waals surface area contributed by atoms with Gasteiger partial charge in [-0.3, -0.25) is 4.79 Å². The lowest BCUT2D eigenvalue weighted by atomic mass is 10.2. The van der Waals surface area contributed by atoms with E-state index in [1.165, 1.54) is 11.3 Å². The molecule has 9 heteroatoms. The summed E-state index contributed by atoms with van der Waals surface area (Å²) in [5, 5.41) is 10.9. The average Bonchev–Trinajstić information content (AvgIpc) is 3.15. The molecule has 0 N–H and O–H groups in total. The molecule has 0 atom stereocenters. The van der Waals surface area contributed by atoms with E-state index in [0.717, 1.165) is 6.42 Å². The van der Waals surface area contributed by atoms with Crippen molar-refractivity contribution in [1.82, 2.24) is 14.9 Å². The number of rotatable bonds is 5. The lowest BCUT2D eigenvalue weighted by Gasteiger charge is -2.34. The first-order valence-electron chi connectivity index (χ1n) is 8.20. The Labute approximate surface area is 162 Å². The largest absolute Gasteiger partial charge is 0.478 e. The molecule has 0 bridgehead atoms. The van der Waals surface area contributed by atoms with E-state index in [9.17, 15) is 4.79 Å². The summed E-state index contributed by atoms with van der Waals surface area (Å²) >= 11 is 1.31. The Hall–Kier alpha value is -2.37. The van der Waals surface area contributed by atoms with Gasteiger partial charge in [-0.1, -0.05) is 6.92 Å². The fourth-order valence-electron chi connectivity index (χ4n) is 2.59. The first kappa shape index (κ1) is 19.9. The van der Waals surface area contributed by atoms with Crippen LogP contribution in [0.1, 0.15) is 28.6 Å². The number of hydrogen-bond donors (Lipinski definition) is 0. The van der Waals surface area contributed by atoms with Crippen LogP contribution in [0.4, 0.5) is 5.95 Å². The average molecular weight is 394 g/mol. The van der Waals surface area contributed by atoms with Crippen LogP contribution in [-0.2, 0) is 0 Å².